The number of pyridine rings is 1. The van der Waals surface area contributed by atoms with Gasteiger partial charge < -0.3 is 26.8 Å². The van der Waals surface area contributed by atoms with Gasteiger partial charge in [0.25, 0.3) is 5.91 Å². The summed E-state index contributed by atoms with van der Waals surface area (Å²) in [4.78, 5) is 16.4. The van der Waals surface area contributed by atoms with Gasteiger partial charge in [-0.15, -0.1) is 0 Å². The maximum absolute atomic E-state index is 11.9. The lowest BCUT2D eigenvalue weighted by atomic mass is 9.91. The zero-order valence-corrected chi connectivity index (χ0v) is 15.9. The van der Waals surface area contributed by atoms with E-state index in [-0.39, 0.29) is 17.6 Å². The number of rotatable bonds is 6. The van der Waals surface area contributed by atoms with Crippen molar-refractivity contribution < 1.29 is 9.53 Å². The van der Waals surface area contributed by atoms with Crippen LogP contribution < -0.4 is 26.8 Å². The third-order valence-corrected chi connectivity index (χ3v) is 5.00. The molecule has 0 saturated heterocycles. The molecule has 0 bridgehead atoms. The second kappa shape index (κ2) is 8.45. The van der Waals surface area contributed by atoms with Gasteiger partial charge in [-0.25, -0.2) is 4.98 Å². The van der Waals surface area contributed by atoms with E-state index in [1.54, 1.807) is 13.2 Å². The molecule has 1 aromatic heterocycles. The van der Waals surface area contributed by atoms with Crippen LogP contribution in [0.15, 0.2) is 30.3 Å². The number of hydrogen-bond donors (Lipinski definition) is 4. The molecule has 6 N–H and O–H groups in total. The van der Waals surface area contributed by atoms with Crippen molar-refractivity contribution in [3.8, 4) is 5.75 Å². The van der Waals surface area contributed by atoms with E-state index in [4.69, 9.17) is 27.8 Å². The van der Waals surface area contributed by atoms with Crippen molar-refractivity contribution in [3.05, 3.63) is 40.9 Å². The van der Waals surface area contributed by atoms with Crippen LogP contribution in [0.3, 0.4) is 0 Å². The number of primary amides is 1. The van der Waals surface area contributed by atoms with Gasteiger partial charge in [-0.1, -0.05) is 30.5 Å². The van der Waals surface area contributed by atoms with Gasteiger partial charge in [-0.2, -0.15) is 0 Å². The first kappa shape index (κ1) is 19.3. The van der Waals surface area contributed by atoms with Crippen LogP contribution in [0.1, 0.15) is 36.0 Å². The van der Waals surface area contributed by atoms with Crippen LogP contribution in [0.4, 0.5) is 17.3 Å². The summed E-state index contributed by atoms with van der Waals surface area (Å²) in [6, 6.07) is 8.96. The summed E-state index contributed by atoms with van der Waals surface area (Å²) < 4.78 is 5.23. The highest BCUT2D eigenvalue weighted by Crippen LogP contribution is 2.30. The van der Waals surface area contributed by atoms with Gasteiger partial charge in [0.15, 0.2) is 0 Å². The van der Waals surface area contributed by atoms with Crippen LogP contribution in [0.2, 0.25) is 5.02 Å². The van der Waals surface area contributed by atoms with E-state index in [1.807, 2.05) is 18.2 Å². The molecule has 0 aliphatic heterocycles. The molecule has 1 amide bonds. The maximum atomic E-state index is 11.9. The van der Waals surface area contributed by atoms with Crippen molar-refractivity contribution in [1.29, 1.82) is 0 Å². The lowest BCUT2D eigenvalue weighted by molar-refractivity contribution is 0.100. The summed E-state index contributed by atoms with van der Waals surface area (Å²) in [6.07, 6.45) is 4.15. The molecule has 1 saturated carbocycles. The lowest BCUT2D eigenvalue weighted by Crippen LogP contribution is -2.42. The summed E-state index contributed by atoms with van der Waals surface area (Å²) in [5.74, 6) is 0.873. The Labute approximate surface area is 163 Å². The van der Waals surface area contributed by atoms with E-state index in [1.165, 1.54) is 6.07 Å². The summed E-state index contributed by atoms with van der Waals surface area (Å²) in [7, 11) is 1.59. The number of methoxy groups -OCH3 is 1. The Morgan fingerprint density at radius 1 is 1.26 bits per heavy atom. The number of ether oxygens (including phenoxy) is 1. The molecule has 2 unspecified atom stereocenters. The van der Waals surface area contributed by atoms with Crippen molar-refractivity contribution in [2.45, 2.75) is 37.8 Å². The average molecular weight is 390 g/mol. The van der Waals surface area contributed by atoms with Crippen LogP contribution in [-0.2, 0) is 0 Å². The number of halogens is 1. The Bertz CT molecular complexity index is 830. The third-order valence-electron chi connectivity index (χ3n) is 4.72. The van der Waals surface area contributed by atoms with Gasteiger partial charge in [-0.3, -0.25) is 4.79 Å². The number of nitrogens with one attached hydrogen (secondary N) is 2. The van der Waals surface area contributed by atoms with Crippen LogP contribution >= 0.6 is 11.6 Å². The van der Waals surface area contributed by atoms with Crippen molar-refractivity contribution in [3.63, 3.8) is 0 Å². The van der Waals surface area contributed by atoms with E-state index < -0.39 is 5.91 Å². The first-order valence-electron chi connectivity index (χ1n) is 8.91. The molecule has 2 aromatic rings. The van der Waals surface area contributed by atoms with Crippen LogP contribution in [0.25, 0.3) is 0 Å². The summed E-state index contributed by atoms with van der Waals surface area (Å²) in [5, 5.41) is 6.78. The molecule has 7 nitrogen and oxygen atoms in total. The first-order chi connectivity index (χ1) is 13.0. The molecule has 1 aliphatic rings. The Balaban J connectivity index is 1.91. The number of carbonyl (C=O) groups is 1. The molecular weight excluding hydrogens is 366 g/mol. The fourth-order valence-electron chi connectivity index (χ4n) is 3.23. The molecule has 144 valence electrons. The van der Waals surface area contributed by atoms with E-state index in [0.29, 0.717) is 28.1 Å². The van der Waals surface area contributed by atoms with Gasteiger partial charge in [0.1, 0.15) is 17.4 Å². The molecule has 1 fully saturated rings. The number of hydrogen-bond acceptors (Lipinski definition) is 6. The van der Waals surface area contributed by atoms with Crippen molar-refractivity contribution in [2.24, 2.45) is 11.5 Å². The predicted octanol–water partition coefficient (Wildman–Crippen LogP) is 3.27. The minimum absolute atomic E-state index is 0.0437. The number of amides is 1. The zero-order chi connectivity index (χ0) is 19.4. The molecule has 1 aliphatic carbocycles. The quantitative estimate of drug-likeness (QED) is 0.602. The third kappa shape index (κ3) is 4.61. The van der Waals surface area contributed by atoms with Gasteiger partial charge in [-0.05, 0) is 31.0 Å². The monoisotopic (exact) mass is 389 g/mol. The van der Waals surface area contributed by atoms with Crippen LogP contribution in [-0.4, -0.2) is 30.1 Å². The summed E-state index contributed by atoms with van der Waals surface area (Å²) in [6.45, 7) is 0. The normalized spacial score (nSPS) is 19.4. The molecular formula is C19H24ClN5O2. The SMILES string of the molecule is COc1cccc(Nc2nc(NC3CCCCC3N)c(Cl)cc2C(N)=O)c1. The second-order valence-corrected chi connectivity index (χ2v) is 7.04. The molecule has 0 radical (unpaired) electrons. The second-order valence-electron chi connectivity index (χ2n) is 6.64. The molecule has 8 heteroatoms. The van der Waals surface area contributed by atoms with E-state index in [0.717, 1.165) is 25.7 Å². The van der Waals surface area contributed by atoms with Crippen molar-refractivity contribution >= 4 is 34.8 Å². The number of aromatic nitrogens is 1. The van der Waals surface area contributed by atoms with E-state index >= 15 is 0 Å². The molecule has 3 rings (SSSR count). The van der Waals surface area contributed by atoms with Crippen molar-refractivity contribution in [1.82, 2.24) is 4.98 Å². The fourth-order valence-corrected chi connectivity index (χ4v) is 3.43. The van der Waals surface area contributed by atoms with Crippen molar-refractivity contribution in [2.75, 3.05) is 17.7 Å². The summed E-state index contributed by atoms with van der Waals surface area (Å²) >= 11 is 6.34. The minimum atomic E-state index is -0.615. The first-order valence-corrected chi connectivity index (χ1v) is 9.29. The number of carbonyl (C=O) groups excluding carboxylic acids is 1. The van der Waals surface area contributed by atoms with Crippen LogP contribution in [0.5, 0.6) is 5.75 Å². The average Bonchev–Trinajstić information content (AvgIpc) is 2.66. The highest BCUT2D eigenvalue weighted by Gasteiger charge is 2.24. The van der Waals surface area contributed by atoms with E-state index in [2.05, 4.69) is 15.6 Å². The molecule has 27 heavy (non-hydrogen) atoms. The largest absolute Gasteiger partial charge is 0.497 e. The number of nitrogens with zero attached hydrogens (tertiary/aromatic N) is 1. The van der Waals surface area contributed by atoms with Crippen LogP contribution in [0, 0.1) is 0 Å². The highest BCUT2D eigenvalue weighted by molar-refractivity contribution is 6.33. The number of anilines is 3. The zero-order valence-electron chi connectivity index (χ0n) is 15.2. The molecule has 2 atom stereocenters. The Morgan fingerprint density at radius 2 is 2.04 bits per heavy atom. The fraction of sp³-hybridized carbons (Fsp3) is 0.368. The molecule has 0 spiro atoms. The Morgan fingerprint density at radius 3 is 2.74 bits per heavy atom. The van der Waals surface area contributed by atoms with E-state index in [9.17, 15) is 4.79 Å². The smallest absolute Gasteiger partial charge is 0.252 e. The van der Waals surface area contributed by atoms with Gasteiger partial charge in [0.2, 0.25) is 0 Å². The topological polar surface area (TPSA) is 115 Å². The number of nitrogens with two attached hydrogens (primary N) is 2. The number of benzene rings is 1. The summed E-state index contributed by atoms with van der Waals surface area (Å²) in [5.41, 5.74) is 12.6. The molecule has 1 aromatic carbocycles. The predicted molar refractivity (Wildman–Crippen MR) is 108 cm³/mol. The lowest BCUT2D eigenvalue weighted by Gasteiger charge is -2.30. The van der Waals surface area contributed by atoms with Gasteiger partial charge in [0.05, 0.1) is 17.7 Å². The standard InChI is InChI=1S/C19H24ClN5O2/c1-27-12-6-4-5-11(9-12)23-18-13(17(22)26)10-14(20)19(25-18)24-16-8-3-2-7-15(16)21/h4-6,9-10,15-16H,2-3,7-8,21H2,1H3,(H2,22,26)(H2,23,24,25). The highest BCUT2D eigenvalue weighted by atomic mass is 35.5. The Hall–Kier alpha value is -2.51. The maximum Gasteiger partial charge on any atom is 0.252 e. The molecule has 1 heterocycles. The van der Waals surface area contributed by atoms with Gasteiger partial charge in [0, 0.05) is 23.8 Å². The Kier molecular flexibility index (Phi) is 6.03. The minimum Gasteiger partial charge on any atom is -0.497 e. The van der Waals surface area contributed by atoms with Gasteiger partial charge >= 0.3 is 0 Å².